The summed E-state index contributed by atoms with van der Waals surface area (Å²) in [6.07, 6.45) is 3.90. The number of nitrogens with zero attached hydrogens (tertiary/aromatic N) is 5. The molecule has 0 aliphatic carbocycles. The number of hydrogen-bond donors (Lipinski definition) is 0. The molecule has 0 radical (unpaired) electrons. The van der Waals surface area contributed by atoms with Crippen LogP contribution < -0.4 is 0 Å². The summed E-state index contributed by atoms with van der Waals surface area (Å²) >= 11 is 1.60. The molecule has 0 bridgehead atoms. The molecule has 4 rings (SSSR count). The van der Waals surface area contributed by atoms with Crippen LogP contribution in [0, 0.1) is 0 Å². The Hall–Kier alpha value is -2.86. The van der Waals surface area contributed by atoms with Crippen LogP contribution in [0.2, 0.25) is 0 Å². The summed E-state index contributed by atoms with van der Waals surface area (Å²) in [7, 11) is 0. The van der Waals surface area contributed by atoms with E-state index in [2.05, 4.69) is 51.1 Å². The molecule has 2 heterocycles. The quantitative estimate of drug-likeness (QED) is 0.490. The first kappa shape index (κ1) is 16.6. The van der Waals surface area contributed by atoms with Gasteiger partial charge >= 0.3 is 0 Å². The van der Waals surface area contributed by atoms with E-state index in [0.717, 1.165) is 40.0 Å². The Morgan fingerprint density at radius 3 is 2.27 bits per heavy atom. The molecule has 2 aromatic heterocycles. The molecule has 5 nitrogen and oxygen atoms in total. The highest BCUT2D eigenvalue weighted by Crippen LogP contribution is 2.34. The van der Waals surface area contributed by atoms with Gasteiger partial charge in [-0.1, -0.05) is 60.3 Å². The van der Waals surface area contributed by atoms with Crippen LogP contribution >= 0.6 is 11.8 Å². The molecule has 4 aromatic rings. The van der Waals surface area contributed by atoms with Gasteiger partial charge in [0.2, 0.25) is 0 Å². The summed E-state index contributed by atoms with van der Waals surface area (Å²) in [4.78, 5) is 0. The van der Waals surface area contributed by atoms with Gasteiger partial charge in [-0.05, 0) is 25.3 Å². The number of aromatic nitrogens is 5. The first-order valence-corrected chi connectivity index (χ1v) is 9.72. The number of hydrogen-bond acceptors (Lipinski definition) is 4. The van der Waals surface area contributed by atoms with Gasteiger partial charge in [0.25, 0.3) is 0 Å². The van der Waals surface area contributed by atoms with E-state index >= 15 is 0 Å². The third-order valence-corrected chi connectivity index (χ3v) is 4.94. The van der Waals surface area contributed by atoms with Crippen LogP contribution in [0.1, 0.15) is 6.92 Å². The average molecular weight is 361 g/mol. The van der Waals surface area contributed by atoms with E-state index in [4.69, 9.17) is 0 Å². The van der Waals surface area contributed by atoms with E-state index in [1.807, 2.05) is 53.5 Å². The van der Waals surface area contributed by atoms with E-state index in [1.54, 1.807) is 11.8 Å². The summed E-state index contributed by atoms with van der Waals surface area (Å²) in [5, 5.41) is 14.4. The van der Waals surface area contributed by atoms with E-state index in [-0.39, 0.29) is 0 Å². The normalized spacial score (nSPS) is 11.0. The fraction of sp³-hybridized carbons (Fsp3) is 0.150. The number of thioether (sulfide) groups is 1. The fourth-order valence-electron chi connectivity index (χ4n) is 3.07. The predicted molar refractivity (Wildman–Crippen MR) is 105 cm³/mol. The molecule has 0 saturated carbocycles. The maximum absolute atomic E-state index is 4.68. The van der Waals surface area contributed by atoms with E-state index in [0.29, 0.717) is 0 Å². The highest BCUT2D eigenvalue weighted by atomic mass is 32.2. The fourth-order valence-corrected chi connectivity index (χ4v) is 3.63. The van der Waals surface area contributed by atoms with Crippen LogP contribution in [0.5, 0.6) is 0 Å². The zero-order valence-corrected chi connectivity index (χ0v) is 15.5. The topological polar surface area (TPSA) is 48.5 Å². The minimum Gasteiger partial charge on any atom is -0.302 e. The summed E-state index contributed by atoms with van der Waals surface area (Å²) in [5.41, 5.74) is 4.12. The molecule has 0 fully saturated rings. The minimum absolute atomic E-state index is 0.809. The molecular weight excluding hydrogens is 342 g/mol. The van der Waals surface area contributed by atoms with Crippen molar-refractivity contribution in [1.82, 2.24) is 24.5 Å². The third-order valence-electron chi connectivity index (χ3n) is 4.27. The summed E-state index contributed by atoms with van der Waals surface area (Å²) in [6, 6.07) is 20.5. The molecular formula is C20H19N5S. The second-order valence-corrected chi connectivity index (χ2v) is 6.55. The largest absolute Gasteiger partial charge is 0.302 e. The Morgan fingerprint density at radius 2 is 1.62 bits per heavy atom. The molecule has 0 aliphatic rings. The molecule has 2 aromatic carbocycles. The van der Waals surface area contributed by atoms with Gasteiger partial charge in [-0.3, -0.25) is 0 Å². The Kier molecular flexibility index (Phi) is 4.58. The maximum atomic E-state index is 4.68. The van der Waals surface area contributed by atoms with E-state index in [1.165, 1.54) is 0 Å². The van der Waals surface area contributed by atoms with Gasteiger partial charge in [-0.15, -0.1) is 10.2 Å². The first-order valence-electron chi connectivity index (χ1n) is 8.50. The van der Waals surface area contributed by atoms with Crippen LogP contribution in [0.25, 0.3) is 28.3 Å². The van der Waals surface area contributed by atoms with Crippen molar-refractivity contribution in [2.75, 3.05) is 6.26 Å². The highest BCUT2D eigenvalue weighted by molar-refractivity contribution is 7.98. The van der Waals surface area contributed by atoms with Crippen molar-refractivity contribution in [2.24, 2.45) is 0 Å². The molecule has 130 valence electrons. The van der Waals surface area contributed by atoms with Crippen molar-refractivity contribution >= 4 is 11.8 Å². The lowest BCUT2D eigenvalue weighted by Crippen LogP contribution is -2.02. The van der Waals surface area contributed by atoms with Gasteiger partial charge in [-0.2, -0.15) is 5.10 Å². The lowest BCUT2D eigenvalue weighted by Gasteiger charge is -2.11. The van der Waals surface area contributed by atoms with Crippen LogP contribution in [0.3, 0.4) is 0 Å². The van der Waals surface area contributed by atoms with Crippen molar-refractivity contribution in [3.8, 4) is 28.3 Å². The SMILES string of the molecule is CCn1c(SC)nnc1-c1cnn(-c2ccccc2)c1-c1ccccc1. The molecule has 0 saturated heterocycles. The zero-order chi connectivity index (χ0) is 17.9. The lowest BCUT2D eigenvalue weighted by atomic mass is 10.1. The van der Waals surface area contributed by atoms with Crippen molar-refractivity contribution in [1.29, 1.82) is 0 Å². The maximum Gasteiger partial charge on any atom is 0.191 e. The molecule has 0 atom stereocenters. The second kappa shape index (κ2) is 7.17. The van der Waals surface area contributed by atoms with E-state index < -0.39 is 0 Å². The standard InChI is InChI=1S/C20H19N5S/c1-3-24-19(22-23-20(24)26-2)17-14-21-25(16-12-8-5-9-13-16)18(17)15-10-6-4-7-11-15/h4-14H,3H2,1-2H3. The highest BCUT2D eigenvalue weighted by Gasteiger charge is 2.21. The Balaban J connectivity index is 1.97. The molecule has 6 heteroatoms. The van der Waals surface area contributed by atoms with Crippen molar-refractivity contribution in [3.05, 3.63) is 66.9 Å². The third kappa shape index (κ3) is 2.82. The Morgan fingerprint density at radius 1 is 0.923 bits per heavy atom. The lowest BCUT2D eigenvalue weighted by molar-refractivity contribution is 0.688. The van der Waals surface area contributed by atoms with Gasteiger partial charge in [0.05, 0.1) is 23.1 Å². The zero-order valence-electron chi connectivity index (χ0n) is 14.7. The van der Waals surface area contributed by atoms with Gasteiger partial charge < -0.3 is 4.57 Å². The minimum atomic E-state index is 0.809. The van der Waals surface area contributed by atoms with Gasteiger partial charge in [-0.25, -0.2) is 4.68 Å². The van der Waals surface area contributed by atoms with Crippen LogP contribution in [0.4, 0.5) is 0 Å². The smallest absolute Gasteiger partial charge is 0.191 e. The molecule has 0 amide bonds. The van der Waals surface area contributed by atoms with Gasteiger partial charge in [0.1, 0.15) is 0 Å². The van der Waals surface area contributed by atoms with Crippen LogP contribution in [0.15, 0.2) is 72.0 Å². The number of rotatable bonds is 5. The summed E-state index contributed by atoms with van der Waals surface area (Å²) in [5.74, 6) is 0.845. The number of benzene rings is 2. The van der Waals surface area contributed by atoms with Crippen LogP contribution in [-0.4, -0.2) is 30.8 Å². The first-order chi connectivity index (χ1) is 12.8. The summed E-state index contributed by atoms with van der Waals surface area (Å²) < 4.78 is 4.10. The molecule has 0 N–H and O–H groups in total. The molecule has 26 heavy (non-hydrogen) atoms. The van der Waals surface area contributed by atoms with E-state index in [9.17, 15) is 0 Å². The predicted octanol–water partition coefficient (Wildman–Crippen LogP) is 4.54. The molecule has 0 unspecified atom stereocenters. The molecule has 0 spiro atoms. The average Bonchev–Trinajstić information content (AvgIpc) is 3.32. The van der Waals surface area contributed by atoms with Crippen molar-refractivity contribution in [2.45, 2.75) is 18.6 Å². The second-order valence-electron chi connectivity index (χ2n) is 5.77. The number of para-hydroxylation sites is 1. The van der Waals surface area contributed by atoms with Gasteiger partial charge in [0.15, 0.2) is 11.0 Å². The molecule has 0 aliphatic heterocycles. The Bertz CT molecular complexity index is 1010. The van der Waals surface area contributed by atoms with Crippen molar-refractivity contribution in [3.63, 3.8) is 0 Å². The monoisotopic (exact) mass is 361 g/mol. The van der Waals surface area contributed by atoms with Crippen LogP contribution in [-0.2, 0) is 6.54 Å². The van der Waals surface area contributed by atoms with Gasteiger partial charge in [0, 0.05) is 12.1 Å². The summed E-state index contributed by atoms with van der Waals surface area (Å²) in [6.45, 7) is 2.92. The Labute approximate surface area is 156 Å². The van der Waals surface area contributed by atoms with Crippen molar-refractivity contribution < 1.29 is 0 Å².